The summed E-state index contributed by atoms with van der Waals surface area (Å²) in [5, 5.41) is 0. The van der Waals surface area contributed by atoms with E-state index in [4.69, 9.17) is 14.2 Å². The molecule has 1 amide bonds. The van der Waals surface area contributed by atoms with Crippen molar-refractivity contribution < 1.29 is 38.2 Å². The average Bonchev–Trinajstić information content (AvgIpc) is 2.53. The smallest absolute Gasteiger partial charge is 0.345 e. The standard InChI is InChI=1S/C19H29NO8/c1-9(2)14(16(23)26-8)20-15(22)13(12(7)21)19(20,17(24)27-10(3)4)18(25)28-11(5)6/h9-11,13-14H,1-8H3/t13-,14-/m1/s1. The van der Waals surface area contributed by atoms with Gasteiger partial charge in [-0.25, -0.2) is 14.4 Å². The molecule has 0 saturated carbocycles. The lowest BCUT2D eigenvalue weighted by Crippen LogP contribution is -2.83. The Morgan fingerprint density at radius 3 is 1.64 bits per heavy atom. The number of hydrogen-bond donors (Lipinski definition) is 0. The third kappa shape index (κ3) is 3.88. The lowest BCUT2D eigenvalue weighted by atomic mass is 9.68. The van der Waals surface area contributed by atoms with Crippen molar-refractivity contribution in [3.05, 3.63) is 0 Å². The molecule has 1 aliphatic heterocycles. The van der Waals surface area contributed by atoms with Crippen LogP contribution in [-0.4, -0.2) is 65.4 Å². The Balaban J connectivity index is 3.71. The molecule has 0 aromatic heterocycles. The number of carbonyl (C=O) groups is 5. The zero-order chi connectivity index (χ0) is 22.0. The number of likely N-dealkylation sites (tertiary alicyclic amines) is 1. The van der Waals surface area contributed by atoms with E-state index in [0.29, 0.717) is 0 Å². The number of amides is 1. The summed E-state index contributed by atoms with van der Waals surface area (Å²) in [6.07, 6.45) is -1.26. The van der Waals surface area contributed by atoms with Crippen molar-refractivity contribution in [2.45, 2.75) is 72.3 Å². The van der Waals surface area contributed by atoms with E-state index in [2.05, 4.69) is 0 Å². The van der Waals surface area contributed by atoms with Crippen LogP contribution in [0.2, 0.25) is 0 Å². The number of ether oxygens (including phenoxy) is 3. The number of rotatable bonds is 8. The predicted molar refractivity (Wildman–Crippen MR) is 96.8 cm³/mol. The maximum atomic E-state index is 13.1. The summed E-state index contributed by atoms with van der Waals surface area (Å²) >= 11 is 0. The minimum absolute atomic E-state index is 0.512. The number of hydrogen-bond acceptors (Lipinski definition) is 8. The van der Waals surface area contributed by atoms with Crippen molar-refractivity contribution in [2.24, 2.45) is 11.8 Å². The molecule has 1 rings (SSSR count). The highest BCUT2D eigenvalue weighted by Gasteiger charge is 2.76. The second kappa shape index (κ2) is 8.70. The maximum absolute atomic E-state index is 13.1. The van der Waals surface area contributed by atoms with Crippen LogP contribution in [0.15, 0.2) is 0 Å². The van der Waals surface area contributed by atoms with Gasteiger partial charge in [0.2, 0.25) is 5.91 Å². The summed E-state index contributed by atoms with van der Waals surface area (Å²) in [6.45, 7) is 10.6. The van der Waals surface area contributed by atoms with Crippen LogP contribution >= 0.6 is 0 Å². The number of esters is 3. The fraction of sp³-hybridized carbons (Fsp3) is 0.737. The molecule has 28 heavy (non-hydrogen) atoms. The zero-order valence-corrected chi connectivity index (χ0v) is 17.6. The second-order valence-corrected chi connectivity index (χ2v) is 7.64. The summed E-state index contributed by atoms with van der Waals surface area (Å²) < 4.78 is 15.2. The highest BCUT2D eigenvalue weighted by Crippen LogP contribution is 2.44. The quantitative estimate of drug-likeness (QED) is 0.255. The first-order chi connectivity index (χ1) is 12.8. The van der Waals surface area contributed by atoms with Crippen LogP contribution in [0, 0.1) is 11.8 Å². The number of β-lactam (4-membered cyclic amide) rings is 1. The molecule has 0 radical (unpaired) electrons. The first-order valence-corrected chi connectivity index (χ1v) is 9.17. The van der Waals surface area contributed by atoms with Crippen molar-refractivity contribution >= 4 is 29.6 Å². The van der Waals surface area contributed by atoms with Gasteiger partial charge in [-0.15, -0.1) is 0 Å². The molecule has 0 spiro atoms. The Hall–Kier alpha value is -2.45. The van der Waals surface area contributed by atoms with E-state index in [-0.39, 0.29) is 0 Å². The Bertz CT molecular complexity index is 645. The van der Waals surface area contributed by atoms with Gasteiger partial charge in [0, 0.05) is 0 Å². The zero-order valence-electron chi connectivity index (χ0n) is 17.6. The molecule has 0 aromatic carbocycles. The first kappa shape index (κ1) is 23.6. The van der Waals surface area contributed by atoms with E-state index in [1.54, 1.807) is 41.5 Å². The first-order valence-electron chi connectivity index (χ1n) is 9.17. The number of carbonyl (C=O) groups excluding carboxylic acids is 5. The molecule has 0 aromatic rings. The van der Waals surface area contributed by atoms with Crippen LogP contribution in [0.25, 0.3) is 0 Å². The Morgan fingerprint density at radius 2 is 1.36 bits per heavy atom. The molecule has 9 heteroatoms. The average molecular weight is 399 g/mol. The molecule has 1 heterocycles. The molecular weight excluding hydrogens is 370 g/mol. The van der Waals surface area contributed by atoms with Crippen LogP contribution in [0.1, 0.15) is 48.5 Å². The lowest BCUT2D eigenvalue weighted by molar-refractivity contribution is -0.214. The van der Waals surface area contributed by atoms with Gasteiger partial charge in [-0.05, 0) is 40.5 Å². The predicted octanol–water partition coefficient (Wildman–Crippen LogP) is 0.873. The van der Waals surface area contributed by atoms with Crippen LogP contribution in [0.3, 0.4) is 0 Å². The highest BCUT2D eigenvalue weighted by atomic mass is 16.6. The van der Waals surface area contributed by atoms with Crippen molar-refractivity contribution in [3.8, 4) is 0 Å². The molecule has 2 atom stereocenters. The molecule has 1 saturated heterocycles. The fourth-order valence-corrected chi connectivity index (χ4v) is 3.31. The lowest BCUT2D eigenvalue weighted by Gasteiger charge is -2.55. The minimum Gasteiger partial charge on any atom is -0.467 e. The van der Waals surface area contributed by atoms with Crippen LogP contribution in [0.5, 0.6) is 0 Å². The molecule has 158 valence electrons. The van der Waals surface area contributed by atoms with Gasteiger partial charge in [0.1, 0.15) is 17.7 Å². The Labute approximate surface area is 164 Å². The van der Waals surface area contributed by atoms with Crippen LogP contribution in [-0.2, 0) is 38.2 Å². The highest BCUT2D eigenvalue weighted by molar-refractivity contribution is 6.25. The van der Waals surface area contributed by atoms with Gasteiger partial charge < -0.3 is 19.1 Å². The largest absolute Gasteiger partial charge is 0.467 e. The maximum Gasteiger partial charge on any atom is 0.345 e. The second-order valence-electron chi connectivity index (χ2n) is 7.64. The van der Waals surface area contributed by atoms with Gasteiger partial charge in [0.05, 0.1) is 19.3 Å². The molecule has 0 aliphatic carbocycles. The normalized spacial score (nSPS) is 19.3. The molecule has 0 N–H and O–H groups in total. The Kier molecular flexibility index (Phi) is 7.33. The summed E-state index contributed by atoms with van der Waals surface area (Å²) in [4.78, 5) is 64.4. The third-order valence-electron chi connectivity index (χ3n) is 4.35. The molecule has 1 aliphatic rings. The summed E-state index contributed by atoms with van der Waals surface area (Å²) in [6, 6.07) is -1.27. The van der Waals surface area contributed by atoms with Crippen molar-refractivity contribution in [1.29, 1.82) is 0 Å². The molecule has 0 unspecified atom stereocenters. The monoisotopic (exact) mass is 399 g/mol. The SMILES string of the molecule is COC(=O)[C@@H](C(C)C)N1C(=O)[C@@H](C(C)=O)C1(C(=O)OC(C)C)C(=O)OC(C)C. The van der Waals surface area contributed by atoms with Crippen LogP contribution < -0.4 is 0 Å². The number of ketones is 1. The van der Waals surface area contributed by atoms with E-state index in [0.717, 1.165) is 18.9 Å². The summed E-state index contributed by atoms with van der Waals surface area (Å²) in [5.41, 5.74) is -2.37. The number of Topliss-reactive ketones (excluding diaryl/α,β-unsaturated/α-hetero) is 1. The molecule has 1 fully saturated rings. The van der Waals surface area contributed by atoms with Crippen molar-refractivity contribution in [1.82, 2.24) is 4.90 Å². The van der Waals surface area contributed by atoms with Gasteiger partial charge in [0.25, 0.3) is 5.54 Å². The van der Waals surface area contributed by atoms with Crippen molar-refractivity contribution in [2.75, 3.05) is 7.11 Å². The minimum atomic E-state index is -2.37. The van der Waals surface area contributed by atoms with E-state index in [9.17, 15) is 24.0 Å². The number of methoxy groups -OCH3 is 1. The van der Waals surface area contributed by atoms with Crippen molar-refractivity contribution in [3.63, 3.8) is 0 Å². The summed E-state index contributed by atoms with van der Waals surface area (Å²) in [5.74, 6) is -6.69. The third-order valence-corrected chi connectivity index (χ3v) is 4.35. The van der Waals surface area contributed by atoms with Gasteiger partial charge in [-0.2, -0.15) is 0 Å². The topological polar surface area (TPSA) is 116 Å². The van der Waals surface area contributed by atoms with E-state index in [1.807, 2.05) is 0 Å². The Morgan fingerprint density at radius 1 is 0.929 bits per heavy atom. The fourth-order valence-electron chi connectivity index (χ4n) is 3.31. The molecular formula is C19H29NO8. The van der Waals surface area contributed by atoms with E-state index in [1.165, 1.54) is 0 Å². The molecule has 9 nitrogen and oxygen atoms in total. The van der Waals surface area contributed by atoms with Gasteiger partial charge in [-0.1, -0.05) is 13.8 Å². The van der Waals surface area contributed by atoms with Gasteiger partial charge in [-0.3, -0.25) is 9.59 Å². The van der Waals surface area contributed by atoms with Crippen LogP contribution in [0.4, 0.5) is 0 Å². The summed E-state index contributed by atoms with van der Waals surface area (Å²) in [7, 11) is 1.13. The van der Waals surface area contributed by atoms with Gasteiger partial charge >= 0.3 is 17.9 Å². The number of nitrogens with zero attached hydrogens (tertiary/aromatic N) is 1. The van der Waals surface area contributed by atoms with Gasteiger partial charge in [0.15, 0.2) is 0 Å². The molecule has 0 bridgehead atoms. The van der Waals surface area contributed by atoms with E-state index < -0.39 is 65.2 Å². The van der Waals surface area contributed by atoms with E-state index >= 15 is 0 Å².